The van der Waals surface area contributed by atoms with Gasteiger partial charge >= 0.3 is 0 Å². The molecule has 0 bridgehead atoms. The number of phenols is 1. The van der Waals surface area contributed by atoms with Crippen molar-refractivity contribution in [3.63, 3.8) is 0 Å². The van der Waals surface area contributed by atoms with Crippen molar-refractivity contribution >= 4 is 11.6 Å². The molecule has 4 heteroatoms. The van der Waals surface area contributed by atoms with Crippen LogP contribution in [0.3, 0.4) is 0 Å². The fourth-order valence-corrected chi connectivity index (χ4v) is 1.92. The van der Waals surface area contributed by atoms with E-state index in [1.165, 1.54) is 24.3 Å². The van der Waals surface area contributed by atoms with Crippen LogP contribution in [0.15, 0.2) is 42.5 Å². The Bertz CT molecular complexity index is 540. The van der Waals surface area contributed by atoms with Crippen LogP contribution in [0.25, 0.3) is 0 Å². The van der Waals surface area contributed by atoms with Gasteiger partial charge in [0.1, 0.15) is 11.6 Å². The number of hydrogen-bond donors (Lipinski definition) is 2. The second-order valence-corrected chi connectivity index (χ2v) is 4.44. The van der Waals surface area contributed by atoms with Crippen LogP contribution in [0.5, 0.6) is 5.75 Å². The van der Waals surface area contributed by atoms with Crippen molar-refractivity contribution in [1.29, 1.82) is 0 Å². The Labute approximate surface area is 109 Å². The number of hydrogen-bond acceptors (Lipinski definition) is 2. The number of halogens is 2. The Balaban J connectivity index is 2.19. The maximum absolute atomic E-state index is 13.7. The average molecular weight is 267 g/mol. The first kappa shape index (κ1) is 12.9. The zero-order valence-electron chi connectivity index (χ0n) is 9.48. The molecule has 94 valence electrons. The van der Waals surface area contributed by atoms with Crippen LogP contribution in [-0.4, -0.2) is 10.2 Å². The number of rotatable bonds is 3. The molecule has 0 amide bonds. The van der Waals surface area contributed by atoms with Crippen LogP contribution < -0.4 is 0 Å². The van der Waals surface area contributed by atoms with Gasteiger partial charge in [0.2, 0.25) is 0 Å². The molecular formula is C14H12ClFO2. The molecule has 18 heavy (non-hydrogen) atoms. The Morgan fingerprint density at radius 1 is 1.11 bits per heavy atom. The molecule has 0 aliphatic rings. The van der Waals surface area contributed by atoms with Crippen molar-refractivity contribution < 1.29 is 14.6 Å². The molecule has 2 aromatic rings. The molecule has 0 aliphatic carbocycles. The number of aromatic hydroxyl groups is 1. The third kappa shape index (κ3) is 2.81. The predicted octanol–water partition coefficient (Wildman–Crippen LogP) is 3.46. The normalized spacial score (nSPS) is 12.4. The minimum absolute atomic E-state index is 0.00254. The summed E-state index contributed by atoms with van der Waals surface area (Å²) in [5.74, 6) is -0.437. The highest BCUT2D eigenvalue weighted by molar-refractivity contribution is 6.30. The van der Waals surface area contributed by atoms with Crippen LogP contribution in [-0.2, 0) is 6.42 Å². The standard InChI is InChI=1S/C14H12ClFO2/c15-12-3-1-2-11(14(12)16)13(18)8-9-4-6-10(17)7-5-9/h1-7,13,17-18H,8H2. The minimum atomic E-state index is -0.965. The number of benzene rings is 2. The molecule has 0 fully saturated rings. The summed E-state index contributed by atoms with van der Waals surface area (Å²) in [7, 11) is 0. The van der Waals surface area contributed by atoms with Crippen molar-refractivity contribution in [2.24, 2.45) is 0 Å². The maximum Gasteiger partial charge on any atom is 0.147 e. The molecule has 0 radical (unpaired) electrons. The van der Waals surface area contributed by atoms with E-state index < -0.39 is 11.9 Å². The minimum Gasteiger partial charge on any atom is -0.508 e. The Kier molecular flexibility index (Phi) is 3.84. The fourth-order valence-electron chi connectivity index (χ4n) is 1.74. The third-order valence-electron chi connectivity index (χ3n) is 2.71. The summed E-state index contributed by atoms with van der Waals surface area (Å²) in [6, 6.07) is 11.0. The fraction of sp³-hybridized carbons (Fsp3) is 0.143. The van der Waals surface area contributed by atoms with Crippen LogP contribution >= 0.6 is 11.6 Å². The summed E-state index contributed by atoms with van der Waals surface area (Å²) in [5, 5.41) is 19.1. The number of aliphatic hydroxyl groups is 1. The molecule has 2 nitrogen and oxygen atoms in total. The van der Waals surface area contributed by atoms with Gasteiger partial charge in [-0.2, -0.15) is 0 Å². The van der Waals surface area contributed by atoms with Crippen molar-refractivity contribution in [3.8, 4) is 5.75 Å². The second kappa shape index (κ2) is 5.38. The molecule has 0 spiro atoms. The lowest BCUT2D eigenvalue weighted by atomic mass is 10.0. The van der Waals surface area contributed by atoms with E-state index in [0.717, 1.165) is 5.56 Å². The molecular weight excluding hydrogens is 255 g/mol. The van der Waals surface area contributed by atoms with Gasteiger partial charge in [0.15, 0.2) is 0 Å². The molecule has 2 rings (SSSR count). The van der Waals surface area contributed by atoms with Gasteiger partial charge in [-0.1, -0.05) is 35.9 Å². The highest BCUT2D eigenvalue weighted by Gasteiger charge is 2.15. The van der Waals surface area contributed by atoms with E-state index in [4.69, 9.17) is 16.7 Å². The van der Waals surface area contributed by atoms with Crippen LogP contribution in [0.1, 0.15) is 17.2 Å². The predicted molar refractivity (Wildman–Crippen MR) is 68.2 cm³/mol. The van der Waals surface area contributed by atoms with E-state index in [9.17, 15) is 9.50 Å². The van der Waals surface area contributed by atoms with Crippen LogP contribution in [0, 0.1) is 5.82 Å². The van der Waals surface area contributed by atoms with E-state index in [2.05, 4.69) is 0 Å². The summed E-state index contributed by atoms with van der Waals surface area (Å²) >= 11 is 5.66. The lowest BCUT2D eigenvalue weighted by molar-refractivity contribution is 0.173. The summed E-state index contributed by atoms with van der Waals surface area (Å²) in [5.41, 5.74) is 0.982. The van der Waals surface area contributed by atoms with Crippen LogP contribution in [0.2, 0.25) is 5.02 Å². The number of phenolic OH excluding ortho intramolecular Hbond substituents is 1. The molecule has 1 atom stereocenters. The topological polar surface area (TPSA) is 40.5 Å². The van der Waals surface area contributed by atoms with Gasteiger partial charge in [0.05, 0.1) is 11.1 Å². The van der Waals surface area contributed by atoms with E-state index >= 15 is 0 Å². The van der Waals surface area contributed by atoms with E-state index in [-0.39, 0.29) is 22.8 Å². The Morgan fingerprint density at radius 2 is 1.78 bits per heavy atom. The van der Waals surface area contributed by atoms with Gasteiger partial charge in [-0.15, -0.1) is 0 Å². The molecule has 0 aromatic heterocycles. The Morgan fingerprint density at radius 3 is 2.44 bits per heavy atom. The second-order valence-electron chi connectivity index (χ2n) is 4.03. The zero-order chi connectivity index (χ0) is 13.1. The van der Waals surface area contributed by atoms with Gasteiger partial charge in [0, 0.05) is 12.0 Å². The van der Waals surface area contributed by atoms with E-state index in [1.807, 2.05) is 0 Å². The molecule has 0 saturated carbocycles. The summed E-state index contributed by atoms with van der Waals surface area (Å²) in [6.45, 7) is 0. The van der Waals surface area contributed by atoms with Gasteiger partial charge in [-0.3, -0.25) is 0 Å². The summed E-state index contributed by atoms with van der Waals surface area (Å²) in [4.78, 5) is 0. The van der Waals surface area contributed by atoms with Crippen molar-refractivity contribution in [2.45, 2.75) is 12.5 Å². The van der Waals surface area contributed by atoms with Gasteiger partial charge in [0.25, 0.3) is 0 Å². The van der Waals surface area contributed by atoms with E-state index in [0.29, 0.717) is 0 Å². The molecule has 2 aromatic carbocycles. The Hall–Kier alpha value is -1.58. The smallest absolute Gasteiger partial charge is 0.147 e. The molecule has 0 aliphatic heterocycles. The molecule has 0 saturated heterocycles. The van der Waals surface area contributed by atoms with Crippen LogP contribution in [0.4, 0.5) is 4.39 Å². The van der Waals surface area contributed by atoms with Crippen molar-refractivity contribution in [3.05, 3.63) is 64.4 Å². The lowest BCUT2D eigenvalue weighted by Crippen LogP contribution is -2.04. The number of aliphatic hydroxyl groups excluding tert-OH is 1. The molecule has 2 N–H and O–H groups in total. The average Bonchev–Trinajstić information content (AvgIpc) is 2.35. The largest absolute Gasteiger partial charge is 0.508 e. The first-order valence-electron chi connectivity index (χ1n) is 5.48. The zero-order valence-corrected chi connectivity index (χ0v) is 10.2. The highest BCUT2D eigenvalue weighted by Crippen LogP contribution is 2.26. The van der Waals surface area contributed by atoms with Crippen molar-refractivity contribution in [1.82, 2.24) is 0 Å². The summed E-state index contributed by atoms with van der Waals surface area (Å²) < 4.78 is 13.7. The van der Waals surface area contributed by atoms with Gasteiger partial charge < -0.3 is 10.2 Å². The first-order valence-corrected chi connectivity index (χ1v) is 5.85. The highest BCUT2D eigenvalue weighted by atomic mass is 35.5. The molecule has 1 unspecified atom stereocenters. The summed E-state index contributed by atoms with van der Waals surface area (Å²) in [6.07, 6.45) is -0.703. The van der Waals surface area contributed by atoms with Gasteiger partial charge in [-0.05, 0) is 23.8 Å². The molecule has 0 heterocycles. The lowest BCUT2D eigenvalue weighted by Gasteiger charge is -2.12. The van der Waals surface area contributed by atoms with Gasteiger partial charge in [-0.25, -0.2) is 4.39 Å². The third-order valence-corrected chi connectivity index (χ3v) is 3.00. The quantitative estimate of drug-likeness (QED) is 0.893. The SMILES string of the molecule is Oc1ccc(CC(O)c2cccc(Cl)c2F)cc1. The first-order chi connectivity index (χ1) is 8.58. The monoisotopic (exact) mass is 266 g/mol. The van der Waals surface area contributed by atoms with E-state index in [1.54, 1.807) is 18.2 Å². The van der Waals surface area contributed by atoms with Crippen molar-refractivity contribution in [2.75, 3.05) is 0 Å². The maximum atomic E-state index is 13.7.